The second kappa shape index (κ2) is 4.55. The van der Waals surface area contributed by atoms with Gasteiger partial charge in [-0.15, -0.1) is 0 Å². The Balaban J connectivity index is 2.03. The van der Waals surface area contributed by atoms with Crippen LogP contribution in [0.3, 0.4) is 0 Å². The molecular formula is C16H19FN2O2. The molecule has 1 saturated heterocycles. The van der Waals surface area contributed by atoms with E-state index in [9.17, 15) is 14.0 Å². The number of anilines is 1. The molecule has 5 heteroatoms. The van der Waals surface area contributed by atoms with Crippen molar-refractivity contribution >= 4 is 17.5 Å². The number of carbonyl (C=O) groups excluding carboxylic acids is 2. The minimum Gasteiger partial charge on any atom is -0.340 e. The van der Waals surface area contributed by atoms with Gasteiger partial charge in [0.25, 0.3) is 5.91 Å². The second-order valence-corrected chi connectivity index (χ2v) is 6.25. The summed E-state index contributed by atoms with van der Waals surface area (Å²) < 4.78 is 13.8. The lowest BCUT2D eigenvalue weighted by molar-refractivity contribution is -0.138. The van der Waals surface area contributed by atoms with Crippen LogP contribution in [0.15, 0.2) is 18.2 Å². The molecule has 1 saturated carbocycles. The van der Waals surface area contributed by atoms with Crippen LogP contribution in [0.2, 0.25) is 0 Å². The summed E-state index contributed by atoms with van der Waals surface area (Å²) in [6.45, 7) is 5.10. The minimum absolute atomic E-state index is 0.152. The van der Waals surface area contributed by atoms with Gasteiger partial charge in [0.15, 0.2) is 0 Å². The second-order valence-electron chi connectivity index (χ2n) is 6.25. The number of nitrogens with one attached hydrogen (secondary N) is 1. The number of aryl methyl sites for hydroxylation is 1. The lowest BCUT2D eigenvalue weighted by atomic mass is 9.89. The van der Waals surface area contributed by atoms with E-state index >= 15 is 0 Å². The largest absolute Gasteiger partial charge is 0.340 e. The maximum absolute atomic E-state index is 13.8. The van der Waals surface area contributed by atoms with Gasteiger partial charge in [-0.1, -0.05) is 6.07 Å². The van der Waals surface area contributed by atoms with Crippen LogP contribution in [0.4, 0.5) is 10.1 Å². The highest BCUT2D eigenvalue weighted by atomic mass is 19.1. The molecule has 0 bridgehead atoms. The Morgan fingerprint density at radius 2 is 2.00 bits per heavy atom. The van der Waals surface area contributed by atoms with Crippen LogP contribution in [-0.4, -0.2) is 23.4 Å². The number of carbonyl (C=O) groups is 2. The van der Waals surface area contributed by atoms with Crippen LogP contribution in [0.5, 0.6) is 0 Å². The summed E-state index contributed by atoms with van der Waals surface area (Å²) in [7, 11) is 0. The van der Waals surface area contributed by atoms with Crippen LogP contribution in [-0.2, 0) is 9.59 Å². The van der Waals surface area contributed by atoms with E-state index < -0.39 is 11.6 Å². The first-order valence-electron chi connectivity index (χ1n) is 7.26. The third-order valence-electron chi connectivity index (χ3n) is 4.64. The Labute approximate surface area is 123 Å². The molecule has 1 N–H and O–H groups in total. The fraction of sp³-hybridized carbons (Fsp3) is 0.500. The normalized spacial score (nSPS) is 29.5. The van der Waals surface area contributed by atoms with Crippen molar-refractivity contribution in [3.63, 3.8) is 0 Å². The summed E-state index contributed by atoms with van der Waals surface area (Å²) in [5.74, 6) is -0.531. The molecule has 112 valence electrons. The van der Waals surface area contributed by atoms with E-state index in [1.165, 1.54) is 11.0 Å². The zero-order chi connectivity index (χ0) is 15.4. The zero-order valence-electron chi connectivity index (χ0n) is 12.4. The van der Waals surface area contributed by atoms with Crippen molar-refractivity contribution in [3.8, 4) is 0 Å². The van der Waals surface area contributed by atoms with Gasteiger partial charge in [0, 0.05) is 5.69 Å². The Morgan fingerprint density at radius 3 is 2.57 bits per heavy atom. The highest BCUT2D eigenvalue weighted by Gasteiger charge is 2.54. The van der Waals surface area contributed by atoms with E-state index in [2.05, 4.69) is 5.32 Å². The van der Waals surface area contributed by atoms with Gasteiger partial charge < -0.3 is 5.32 Å². The Bertz CT molecular complexity index is 627. The maximum atomic E-state index is 13.8. The summed E-state index contributed by atoms with van der Waals surface area (Å²) >= 11 is 0. The number of hydrogen-bond donors (Lipinski definition) is 1. The number of hydrogen-bond acceptors (Lipinski definition) is 2. The lowest BCUT2D eigenvalue weighted by Gasteiger charge is -2.43. The average molecular weight is 290 g/mol. The van der Waals surface area contributed by atoms with E-state index in [0.717, 1.165) is 12.8 Å². The van der Waals surface area contributed by atoms with Crippen LogP contribution in [0, 0.1) is 18.7 Å². The smallest absolute Gasteiger partial charge is 0.253 e. The molecule has 21 heavy (non-hydrogen) atoms. The first-order valence-corrected chi connectivity index (χ1v) is 7.26. The van der Waals surface area contributed by atoms with E-state index in [1.807, 2.05) is 0 Å². The fourth-order valence-electron chi connectivity index (χ4n) is 2.97. The Morgan fingerprint density at radius 1 is 1.33 bits per heavy atom. The quantitative estimate of drug-likeness (QED) is 0.907. The van der Waals surface area contributed by atoms with E-state index in [-0.39, 0.29) is 23.5 Å². The van der Waals surface area contributed by atoms with Crippen molar-refractivity contribution in [1.82, 2.24) is 5.32 Å². The summed E-state index contributed by atoms with van der Waals surface area (Å²) in [6.07, 6.45) is 1.87. The molecule has 2 fully saturated rings. The molecule has 4 nitrogen and oxygen atoms in total. The number of benzene rings is 1. The van der Waals surface area contributed by atoms with E-state index in [1.54, 1.807) is 32.9 Å². The van der Waals surface area contributed by atoms with Crippen molar-refractivity contribution in [2.24, 2.45) is 5.92 Å². The third-order valence-corrected chi connectivity index (χ3v) is 4.64. The number of amides is 2. The Hall–Kier alpha value is -1.91. The fourth-order valence-corrected chi connectivity index (χ4v) is 2.97. The highest BCUT2D eigenvalue weighted by molar-refractivity contribution is 6.10. The van der Waals surface area contributed by atoms with Gasteiger partial charge >= 0.3 is 0 Å². The molecule has 0 radical (unpaired) electrons. The van der Waals surface area contributed by atoms with Crippen LogP contribution < -0.4 is 10.2 Å². The molecule has 0 spiro atoms. The molecular weight excluding hydrogens is 271 g/mol. The molecule has 1 aromatic rings. The van der Waals surface area contributed by atoms with Gasteiger partial charge in [-0.25, -0.2) is 4.39 Å². The first-order chi connectivity index (χ1) is 9.84. The van der Waals surface area contributed by atoms with Gasteiger partial charge in [0.1, 0.15) is 17.4 Å². The molecule has 2 amide bonds. The standard InChI is InChI=1S/C16H19FN2O2/c1-9-4-7-12(8-13(9)17)19-10(2)14(20)18-16(3,15(19)21)11-5-6-11/h4,7-8,10-11H,5-6H2,1-3H3,(H,18,20). The average Bonchev–Trinajstić information content (AvgIpc) is 3.26. The molecule has 3 rings (SSSR count). The van der Waals surface area contributed by atoms with Crippen molar-refractivity contribution in [1.29, 1.82) is 0 Å². The lowest BCUT2D eigenvalue weighted by Crippen LogP contribution is -2.69. The molecule has 2 aliphatic rings. The van der Waals surface area contributed by atoms with E-state index in [0.29, 0.717) is 11.3 Å². The number of nitrogens with zero attached hydrogens (tertiary/aromatic N) is 1. The van der Waals surface area contributed by atoms with Crippen LogP contribution in [0.1, 0.15) is 32.3 Å². The molecule has 2 atom stereocenters. The summed E-state index contributed by atoms with van der Waals surface area (Å²) in [6, 6.07) is 4.02. The molecule has 2 unspecified atom stereocenters. The number of rotatable bonds is 2. The molecule has 1 heterocycles. The summed E-state index contributed by atoms with van der Waals surface area (Å²) in [5.41, 5.74) is 0.0907. The van der Waals surface area contributed by atoms with Crippen molar-refractivity contribution in [2.45, 2.75) is 45.2 Å². The van der Waals surface area contributed by atoms with Gasteiger partial charge in [-0.3, -0.25) is 14.5 Å². The molecule has 1 aromatic carbocycles. The number of halogens is 1. The van der Waals surface area contributed by atoms with Gasteiger partial charge in [0.2, 0.25) is 5.91 Å². The third kappa shape index (κ3) is 2.11. The summed E-state index contributed by atoms with van der Waals surface area (Å²) in [5, 5.41) is 2.86. The van der Waals surface area contributed by atoms with Crippen molar-refractivity contribution in [3.05, 3.63) is 29.6 Å². The highest BCUT2D eigenvalue weighted by Crippen LogP contribution is 2.43. The predicted molar refractivity (Wildman–Crippen MR) is 77.4 cm³/mol. The Kier molecular flexibility index (Phi) is 3.04. The van der Waals surface area contributed by atoms with Crippen LogP contribution in [0.25, 0.3) is 0 Å². The van der Waals surface area contributed by atoms with Crippen molar-refractivity contribution < 1.29 is 14.0 Å². The topological polar surface area (TPSA) is 49.4 Å². The van der Waals surface area contributed by atoms with Crippen LogP contribution >= 0.6 is 0 Å². The monoisotopic (exact) mass is 290 g/mol. The summed E-state index contributed by atoms with van der Waals surface area (Å²) in [4.78, 5) is 26.5. The zero-order valence-corrected chi connectivity index (χ0v) is 12.4. The van der Waals surface area contributed by atoms with E-state index in [4.69, 9.17) is 0 Å². The molecule has 0 aromatic heterocycles. The van der Waals surface area contributed by atoms with Gasteiger partial charge in [-0.2, -0.15) is 0 Å². The first kappa shape index (κ1) is 14.0. The van der Waals surface area contributed by atoms with Crippen molar-refractivity contribution in [2.75, 3.05) is 4.90 Å². The SMILES string of the molecule is Cc1ccc(N2C(=O)C(C)(C3CC3)NC(=O)C2C)cc1F. The molecule has 1 aliphatic heterocycles. The maximum Gasteiger partial charge on any atom is 0.253 e. The van der Waals surface area contributed by atoms with Gasteiger partial charge in [0.05, 0.1) is 0 Å². The molecule has 1 aliphatic carbocycles. The predicted octanol–water partition coefficient (Wildman–Crippen LogP) is 2.15. The van der Waals surface area contributed by atoms with Gasteiger partial charge in [-0.05, 0) is 57.2 Å². The minimum atomic E-state index is -0.870. The number of piperazine rings is 1.